The highest BCUT2D eigenvalue weighted by Gasteiger charge is 2.03. The Morgan fingerprint density at radius 3 is 2.71 bits per heavy atom. The molecule has 0 spiro atoms. The Morgan fingerprint density at radius 2 is 2.21 bits per heavy atom. The van der Waals surface area contributed by atoms with E-state index >= 15 is 0 Å². The summed E-state index contributed by atoms with van der Waals surface area (Å²) in [5.74, 6) is 0. The number of hydrogen-bond acceptors (Lipinski definition) is 3. The van der Waals surface area contributed by atoms with Crippen molar-refractivity contribution in [1.29, 1.82) is 0 Å². The lowest BCUT2D eigenvalue weighted by atomic mass is 10.6. The summed E-state index contributed by atoms with van der Waals surface area (Å²) in [4.78, 5) is 11.0. The quantitative estimate of drug-likeness (QED) is 0.567. The first-order valence-corrected chi connectivity index (χ1v) is 4.25. The van der Waals surface area contributed by atoms with Gasteiger partial charge in [-0.25, -0.2) is 18.7 Å². The molecule has 0 atom stereocenters. The van der Waals surface area contributed by atoms with Gasteiger partial charge in [0.25, 0.3) is 6.43 Å². The summed E-state index contributed by atoms with van der Waals surface area (Å²) in [6.07, 6.45) is -2.49. The van der Waals surface area contributed by atoms with Crippen LogP contribution >= 0.6 is 12.2 Å². The van der Waals surface area contributed by atoms with Crippen LogP contribution in [0.25, 0.3) is 0 Å². The number of alkyl halides is 2. The van der Waals surface area contributed by atoms with Crippen LogP contribution in [0.5, 0.6) is 0 Å². The predicted octanol–water partition coefficient (Wildman–Crippen LogP) is 0.516. The molecule has 0 aliphatic carbocycles. The summed E-state index contributed by atoms with van der Waals surface area (Å²) in [7, 11) is 0. The molecule has 8 heteroatoms. The van der Waals surface area contributed by atoms with E-state index in [1.807, 2.05) is 0 Å². The molecule has 80 valence electrons. The number of H-pyrrole nitrogens is 2. The van der Waals surface area contributed by atoms with Crippen molar-refractivity contribution in [1.82, 2.24) is 14.8 Å². The van der Waals surface area contributed by atoms with Gasteiger partial charge in [-0.15, -0.1) is 0 Å². The molecule has 0 amide bonds. The molecule has 1 heterocycles. The second-order valence-electron chi connectivity index (χ2n) is 2.48. The Hall–Kier alpha value is -1.02. The molecule has 0 aliphatic heterocycles. The number of rotatable bonds is 5. The Morgan fingerprint density at radius 1 is 1.50 bits per heavy atom. The summed E-state index contributed by atoms with van der Waals surface area (Å²) in [5, 5.41) is 4.68. The van der Waals surface area contributed by atoms with Gasteiger partial charge in [0, 0.05) is 0 Å². The van der Waals surface area contributed by atoms with Crippen LogP contribution in [-0.2, 0) is 11.3 Å². The molecule has 0 radical (unpaired) electrons. The van der Waals surface area contributed by atoms with Gasteiger partial charge >= 0.3 is 5.69 Å². The van der Waals surface area contributed by atoms with Gasteiger partial charge in [0.05, 0.1) is 13.2 Å². The van der Waals surface area contributed by atoms with Crippen LogP contribution in [0.2, 0.25) is 0 Å². The lowest BCUT2D eigenvalue weighted by Gasteiger charge is -2.02. The topological polar surface area (TPSA) is 62.8 Å². The highest BCUT2D eigenvalue weighted by molar-refractivity contribution is 7.71. The fraction of sp³-hybridized carbons (Fsp3) is 0.667. The van der Waals surface area contributed by atoms with Crippen LogP contribution in [0.3, 0.4) is 0 Å². The molecule has 5 nitrogen and oxygen atoms in total. The first-order chi connectivity index (χ1) is 6.61. The molecule has 0 bridgehead atoms. The van der Waals surface area contributed by atoms with Crippen LogP contribution in [0, 0.1) is 4.77 Å². The number of aromatic amines is 2. The van der Waals surface area contributed by atoms with Crippen molar-refractivity contribution in [3.05, 3.63) is 15.3 Å². The minimum Gasteiger partial charge on any atom is -0.374 e. The lowest BCUT2D eigenvalue weighted by molar-refractivity contribution is 0.0145. The summed E-state index contributed by atoms with van der Waals surface area (Å²) in [6.45, 7) is -0.445. The standard InChI is InChI=1S/C6H9F2N3O2S/c7-4(8)3-13-2-1-11-5(12)9-10-6(11)14/h4H,1-3H2,(H,9,12)(H,10,14). The van der Waals surface area contributed by atoms with E-state index in [0.717, 1.165) is 0 Å². The predicted molar refractivity (Wildman–Crippen MR) is 47.1 cm³/mol. The fourth-order valence-electron chi connectivity index (χ4n) is 0.865. The largest absolute Gasteiger partial charge is 0.374 e. The maximum atomic E-state index is 11.6. The smallest absolute Gasteiger partial charge is 0.342 e. The summed E-state index contributed by atoms with van der Waals surface area (Å²) in [6, 6.07) is 0. The number of aromatic nitrogens is 3. The minimum atomic E-state index is -2.49. The first-order valence-electron chi connectivity index (χ1n) is 3.84. The zero-order chi connectivity index (χ0) is 10.6. The number of nitrogens with one attached hydrogen (secondary N) is 2. The minimum absolute atomic E-state index is 0.0274. The molecule has 0 aliphatic rings. The van der Waals surface area contributed by atoms with Crippen molar-refractivity contribution < 1.29 is 13.5 Å². The molecule has 0 aromatic carbocycles. The summed E-state index contributed by atoms with van der Waals surface area (Å²) < 4.78 is 29.3. The van der Waals surface area contributed by atoms with Gasteiger partial charge in [-0.1, -0.05) is 0 Å². The second-order valence-corrected chi connectivity index (χ2v) is 2.86. The molecule has 2 N–H and O–H groups in total. The molecule has 1 aromatic rings. The van der Waals surface area contributed by atoms with E-state index in [1.165, 1.54) is 4.57 Å². The highest BCUT2D eigenvalue weighted by atomic mass is 32.1. The normalized spacial score (nSPS) is 11.1. The van der Waals surface area contributed by atoms with E-state index in [2.05, 4.69) is 14.9 Å². The van der Waals surface area contributed by atoms with E-state index in [0.29, 0.717) is 0 Å². The second kappa shape index (κ2) is 5.01. The van der Waals surface area contributed by atoms with Crippen LogP contribution in [0.4, 0.5) is 8.78 Å². The molecular formula is C6H9F2N3O2S. The van der Waals surface area contributed by atoms with Crippen molar-refractivity contribution in [2.24, 2.45) is 0 Å². The van der Waals surface area contributed by atoms with Gasteiger partial charge < -0.3 is 4.74 Å². The first kappa shape index (κ1) is 11.1. The third-order valence-electron chi connectivity index (χ3n) is 1.47. The SMILES string of the molecule is O=c1[nH][nH]c(=S)n1CCOCC(F)F. The maximum Gasteiger partial charge on any atom is 0.342 e. The fourth-order valence-corrected chi connectivity index (χ4v) is 1.09. The van der Waals surface area contributed by atoms with Crippen LogP contribution in [0.1, 0.15) is 0 Å². The maximum absolute atomic E-state index is 11.6. The molecule has 0 saturated heterocycles. The average Bonchev–Trinajstić information content (AvgIpc) is 2.42. The van der Waals surface area contributed by atoms with Crippen molar-refractivity contribution in [3.8, 4) is 0 Å². The van der Waals surface area contributed by atoms with Gasteiger partial charge in [-0.05, 0) is 12.2 Å². The Labute approximate surface area is 82.7 Å². The van der Waals surface area contributed by atoms with Crippen molar-refractivity contribution >= 4 is 12.2 Å². The number of halogens is 2. The van der Waals surface area contributed by atoms with Crippen LogP contribution in [0.15, 0.2) is 4.79 Å². The third-order valence-corrected chi connectivity index (χ3v) is 1.79. The molecule has 0 unspecified atom stereocenters. The van der Waals surface area contributed by atoms with Gasteiger partial charge in [0.2, 0.25) is 0 Å². The summed E-state index contributed by atoms with van der Waals surface area (Å²) >= 11 is 4.75. The molecule has 1 aromatic heterocycles. The lowest BCUT2D eigenvalue weighted by Crippen LogP contribution is -2.20. The third kappa shape index (κ3) is 3.04. The molecule has 0 fully saturated rings. The molecule has 1 rings (SSSR count). The van der Waals surface area contributed by atoms with Gasteiger partial charge in [-0.3, -0.25) is 9.67 Å². The van der Waals surface area contributed by atoms with Crippen molar-refractivity contribution in [2.75, 3.05) is 13.2 Å². The molecular weight excluding hydrogens is 216 g/mol. The van der Waals surface area contributed by atoms with E-state index in [1.54, 1.807) is 0 Å². The van der Waals surface area contributed by atoms with Crippen LogP contribution < -0.4 is 5.69 Å². The number of ether oxygens (including phenoxy) is 1. The van der Waals surface area contributed by atoms with Gasteiger partial charge in [0.1, 0.15) is 6.61 Å². The highest BCUT2D eigenvalue weighted by Crippen LogP contribution is 1.92. The van der Waals surface area contributed by atoms with Crippen molar-refractivity contribution in [3.63, 3.8) is 0 Å². The number of nitrogens with zero attached hydrogens (tertiary/aromatic N) is 1. The molecule has 0 saturated carbocycles. The van der Waals surface area contributed by atoms with Gasteiger partial charge in [0.15, 0.2) is 4.77 Å². The van der Waals surface area contributed by atoms with E-state index < -0.39 is 18.7 Å². The van der Waals surface area contributed by atoms with Crippen LogP contribution in [-0.4, -0.2) is 34.4 Å². The van der Waals surface area contributed by atoms with Gasteiger partial charge in [-0.2, -0.15) is 0 Å². The Kier molecular flexibility index (Phi) is 3.96. The Bertz CT molecular complexity index is 355. The molecule has 14 heavy (non-hydrogen) atoms. The average molecular weight is 225 g/mol. The monoisotopic (exact) mass is 225 g/mol. The Balaban J connectivity index is 2.39. The zero-order valence-electron chi connectivity index (χ0n) is 7.13. The van der Waals surface area contributed by atoms with E-state index in [4.69, 9.17) is 12.2 Å². The van der Waals surface area contributed by atoms with E-state index in [9.17, 15) is 13.6 Å². The summed E-state index contributed by atoms with van der Waals surface area (Å²) in [5.41, 5.74) is -0.407. The zero-order valence-corrected chi connectivity index (χ0v) is 7.94. The van der Waals surface area contributed by atoms with E-state index in [-0.39, 0.29) is 17.9 Å². The van der Waals surface area contributed by atoms with Crippen molar-refractivity contribution in [2.45, 2.75) is 13.0 Å². The number of hydrogen-bond donors (Lipinski definition) is 2.